The highest BCUT2D eigenvalue weighted by molar-refractivity contribution is 5.94. The van der Waals surface area contributed by atoms with Gasteiger partial charge in [-0.05, 0) is 18.6 Å². The van der Waals surface area contributed by atoms with E-state index in [1.807, 2.05) is 18.2 Å². The van der Waals surface area contributed by atoms with E-state index < -0.39 is 6.09 Å². The fourth-order valence-corrected chi connectivity index (χ4v) is 2.81. The Morgan fingerprint density at radius 3 is 3.18 bits per heavy atom. The Morgan fingerprint density at radius 2 is 2.36 bits per heavy atom. The van der Waals surface area contributed by atoms with Crippen LogP contribution in [0.5, 0.6) is 0 Å². The van der Waals surface area contributed by atoms with Crippen LogP contribution in [0.3, 0.4) is 0 Å². The number of hydrogen-bond acceptors (Lipinski definition) is 5. The van der Waals surface area contributed by atoms with Crippen LogP contribution in [0.1, 0.15) is 22.3 Å². The summed E-state index contributed by atoms with van der Waals surface area (Å²) in [4.78, 5) is 23.9. The van der Waals surface area contributed by atoms with Crippen molar-refractivity contribution in [1.82, 2.24) is 10.2 Å². The summed E-state index contributed by atoms with van der Waals surface area (Å²) < 4.78 is 4.97. The minimum absolute atomic E-state index is 0.150. The Kier molecular flexibility index (Phi) is 4.15. The molecule has 0 aromatic heterocycles. The summed E-state index contributed by atoms with van der Waals surface area (Å²) in [6.07, 6.45) is -0.0534. The number of hydrogen-bond donors (Lipinski definition) is 3. The highest BCUT2D eigenvalue weighted by Crippen LogP contribution is 2.23. The van der Waals surface area contributed by atoms with Crippen LogP contribution < -0.4 is 10.6 Å². The highest BCUT2D eigenvalue weighted by atomic mass is 16.5. The molecule has 7 nitrogen and oxygen atoms in total. The van der Waals surface area contributed by atoms with Gasteiger partial charge < -0.3 is 25.4 Å². The molecule has 3 N–H and O–H groups in total. The molecule has 1 amide bonds. The van der Waals surface area contributed by atoms with Crippen molar-refractivity contribution in [2.75, 3.05) is 31.5 Å². The van der Waals surface area contributed by atoms with Crippen LogP contribution in [-0.4, -0.2) is 54.3 Å². The smallest absolute Gasteiger partial charge is 0.407 e. The molecule has 1 saturated heterocycles. The van der Waals surface area contributed by atoms with Gasteiger partial charge in [0.1, 0.15) is 6.61 Å². The lowest BCUT2D eigenvalue weighted by molar-refractivity contribution is 0.0535. The van der Waals surface area contributed by atoms with Crippen LogP contribution in [0.25, 0.3) is 0 Å². The van der Waals surface area contributed by atoms with Gasteiger partial charge in [-0.3, -0.25) is 0 Å². The largest absolute Gasteiger partial charge is 0.465 e. The first-order valence-corrected chi connectivity index (χ1v) is 7.38. The zero-order valence-electron chi connectivity index (χ0n) is 12.2. The molecule has 0 bridgehead atoms. The van der Waals surface area contributed by atoms with Crippen molar-refractivity contribution in [3.05, 3.63) is 29.3 Å². The minimum atomic E-state index is -0.864. The Hall–Kier alpha value is -2.28. The van der Waals surface area contributed by atoms with Crippen molar-refractivity contribution >= 4 is 17.7 Å². The van der Waals surface area contributed by atoms with Gasteiger partial charge in [-0.1, -0.05) is 6.07 Å². The molecular formula is C15H19N3O4. The van der Waals surface area contributed by atoms with Gasteiger partial charge >= 0.3 is 12.1 Å². The number of carbonyl (C=O) groups excluding carboxylic acids is 1. The molecule has 22 heavy (non-hydrogen) atoms. The van der Waals surface area contributed by atoms with E-state index in [1.165, 1.54) is 4.90 Å². The highest BCUT2D eigenvalue weighted by Gasteiger charge is 2.23. The van der Waals surface area contributed by atoms with Gasteiger partial charge in [-0.15, -0.1) is 0 Å². The first-order valence-electron chi connectivity index (χ1n) is 7.38. The number of rotatable bonds is 4. The molecule has 1 atom stereocenters. The second-order valence-electron chi connectivity index (χ2n) is 5.54. The van der Waals surface area contributed by atoms with E-state index >= 15 is 0 Å². The molecule has 2 heterocycles. The maximum Gasteiger partial charge on any atom is 0.407 e. The molecule has 2 aliphatic rings. The zero-order chi connectivity index (χ0) is 15.5. The fourth-order valence-electron chi connectivity index (χ4n) is 2.81. The Morgan fingerprint density at radius 1 is 1.50 bits per heavy atom. The third-order valence-corrected chi connectivity index (χ3v) is 4.04. The number of amides is 1. The Balaban J connectivity index is 1.50. The van der Waals surface area contributed by atoms with E-state index in [1.54, 1.807) is 0 Å². The number of carbonyl (C=O) groups is 2. The molecule has 1 aromatic rings. The number of benzene rings is 1. The van der Waals surface area contributed by atoms with Gasteiger partial charge in [0, 0.05) is 43.5 Å². The molecule has 0 aliphatic carbocycles. The van der Waals surface area contributed by atoms with E-state index in [-0.39, 0.29) is 12.0 Å². The van der Waals surface area contributed by atoms with Crippen LogP contribution in [-0.2, 0) is 11.3 Å². The molecule has 2 aliphatic heterocycles. The van der Waals surface area contributed by atoms with Crippen LogP contribution in [0.2, 0.25) is 0 Å². The summed E-state index contributed by atoms with van der Waals surface area (Å²) in [5.74, 6) is -0.273. The van der Waals surface area contributed by atoms with Gasteiger partial charge in [0.15, 0.2) is 0 Å². The number of piperazine rings is 1. The standard InChI is InChI=1S/C15H19N3O4/c19-14-13-7-11(2-1-10(13)9-22-14)16-4-3-12-8-18(15(20)21)6-5-17-12/h1-2,7,12,16-17H,3-6,8-9H2,(H,20,21)/t12-/m1/s1. The molecule has 0 unspecified atom stereocenters. The topological polar surface area (TPSA) is 90.9 Å². The number of nitrogens with one attached hydrogen (secondary N) is 2. The van der Waals surface area contributed by atoms with E-state index in [2.05, 4.69) is 10.6 Å². The third kappa shape index (κ3) is 3.14. The van der Waals surface area contributed by atoms with Crippen molar-refractivity contribution in [2.45, 2.75) is 19.1 Å². The summed E-state index contributed by atoms with van der Waals surface area (Å²) in [6.45, 7) is 2.78. The summed E-state index contributed by atoms with van der Waals surface area (Å²) in [7, 11) is 0. The van der Waals surface area contributed by atoms with Crippen molar-refractivity contribution < 1.29 is 19.4 Å². The number of carboxylic acid groups (broad SMARTS) is 1. The van der Waals surface area contributed by atoms with Gasteiger partial charge in [-0.2, -0.15) is 0 Å². The minimum Gasteiger partial charge on any atom is -0.465 e. The monoisotopic (exact) mass is 305 g/mol. The Bertz CT molecular complexity index is 590. The number of nitrogens with zero attached hydrogens (tertiary/aromatic N) is 1. The van der Waals surface area contributed by atoms with Crippen molar-refractivity contribution in [1.29, 1.82) is 0 Å². The first kappa shape index (κ1) is 14.6. The molecule has 3 rings (SSSR count). The maximum atomic E-state index is 11.5. The van der Waals surface area contributed by atoms with Gasteiger partial charge in [0.25, 0.3) is 0 Å². The van der Waals surface area contributed by atoms with E-state index in [4.69, 9.17) is 9.84 Å². The Labute approximate surface area is 128 Å². The fraction of sp³-hybridized carbons (Fsp3) is 0.467. The number of anilines is 1. The van der Waals surface area contributed by atoms with Crippen LogP contribution in [0.15, 0.2) is 18.2 Å². The predicted octanol–water partition coefficient (Wildman–Crippen LogP) is 1.11. The summed E-state index contributed by atoms with van der Waals surface area (Å²) in [5, 5.41) is 15.6. The van der Waals surface area contributed by atoms with Gasteiger partial charge in [-0.25, -0.2) is 9.59 Å². The van der Waals surface area contributed by atoms with Crippen molar-refractivity contribution in [3.63, 3.8) is 0 Å². The van der Waals surface area contributed by atoms with E-state index in [9.17, 15) is 9.59 Å². The molecule has 1 aromatic carbocycles. The number of fused-ring (bicyclic) bond motifs is 1. The van der Waals surface area contributed by atoms with Crippen LogP contribution in [0, 0.1) is 0 Å². The molecule has 0 radical (unpaired) electrons. The molecular weight excluding hydrogens is 286 g/mol. The normalized spacial score (nSPS) is 20.5. The van der Waals surface area contributed by atoms with E-state index in [0.29, 0.717) is 38.3 Å². The van der Waals surface area contributed by atoms with Gasteiger partial charge in [0.05, 0.1) is 5.56 Å². The average Bonchev–Trinajstić information content (AvgIpc) is 2.89. The molecule has 118 valence electrons. The zero-order valence-corrected chi connectivity index (χ0v) is 12.2. The average molecular weight is 305 g/mol. The molecule has 1 fully saturated rings. The first-order chi connectivity index (χ1) is 10.6. The predicted molar refractivity (Wildman–Crippen MR) is 80.1 cm³/mol. The lowest BCUT2D eigenvalue weighted by Crippen LogP contribution is -2.52. The summed E-state index contributed by atoms with van der Waals surface area (Å²) in [6, 6.07) is 5.78. The molecule has 7 heteroatoms. The lowest BCUT2D eigenvalue weighted by atomic mass is 10.1. The summed E-state index contributed by atoms with van der Waals surface area (Å²) in [5.41, 5.74) is 2.42. The van der Waals surface area contributed by atoms with Crippen LogP contribution >= 0.6 is 0 Å². The molecule has 0 spiro atoms. The second-order valence-corrected chi connectivity index (χ2v) is 5.54. The second kappa shape index (κ2) is 6.23. The SMILES string of the molecule is O=C1OCc2ccc(NCC[C@@H]3CN(C(=O)O)CCN3)cc21. The van der Waals surface area contributed by atoms with Crippen molar-refractivity contribution in [3.8, 4) is 0 Å². The van der Waals surface area contributed by atoms with Crippen LogP contribution in [0.4, 0.5) is 10.5 Å². The quantitative estimate of drug-likeness (QED) is 0.722. The summed E-state index contributed by atoms with van der Waals surface area (Å²) >= 11 is 0. The van der Waals surface area contributed by atoms with Crippen molar-refractivity contribution in [2.24, 2.45) is 0 Å². The lowest BCUT2D eigenvalue weighted by Gasteiger charge is -2.31. The molecule has 0 saturated carbocycles. The number of ether oxygens (including phenoxy) is 1. The number of esters is 1. The maximum absolute atomic E-state index is 11.5. The third-order valence-electron chi connectivity index (χ3n) is 4.04. The van der Waals surface area contributed by atoms with Gasteiger partial charge in [0.2, 0.25) is 0 Å². The van der Waals surface area contributed by atoms with E-state index in [0.717, 1.165) is 17.7 Å². The number of cyclic esters (lactones) is 1.